The predicted octanol–water partition coefficient (Wildman–Crippen LogP) is 0.640. The second kappa shape index (κ2) is 9.88. The van der Waals surface area contributed by atoms with E-state index in [1.54, 1.807) is 7.05 Å². The second-order valence-electron chi connectivity index (χ2n) is 4.89. The van der Waals surface area contributed by atoms with Crippen LogP contribution in [-0.4, -0.2) is 32.0 Å². The van der Waals surface area contributed by atoms with Gasteiger partial charge in [0, 0.05) is 26.4 Å². The lowest BCUT2D eigenvalue weighted by Gasteiger charge is -2.19. The van der Waals surface area contributed by atoms with Crippen LogP contribution >= 0.6 is 0 Å². The first-order chi connectivity index (χ1) is 8.51. The fourth-order valence-electron chi connectivity index (χ4n) is 1.87. The summed E-state index contributed by atoms with van der Waals surface area (Å²) in [5.41, 5.74) is 5.56. The molecule has 0 aromatic carbocycles. The lowest BCUT2D eigenvalue weighted by atomic mass is 9.88. The third kappa shape index (κ3) is 8.06. The van der Waals surface area contributed by atoms with Gasteiger partial charge in [-0.25, -0.2) is 0 Å². The summed E-state index contributed by atoms with van der Waals surface area (Å²) in [6.45, 7) is 5.39. The molecule has 0 rings (SSSR count). The molecule has 4 N–H and O–H groups in total. The molecule has 0 aromatic heterocycles. The summed E-state index contributed by atoms with van der Waals surface area (Å²) >= 11 is 0. The van der Waals surface area contributed by atoms with Crippen LogP contribution in [0.4, 0.5) is 0 Å². The molecule has 0 spiro atoms. The molecule has 2 amide bonds. The van der Waals surface area contributed by atoms with Gasteiger partial charge >= 0.3 is 0 Å². The van der Waals surface area contributed by atoms with Crippen molar-refractivity contribution >= 4 is 11.8 Å². The van der Waals surface area contributed by atoms with Crippen LogP contribution in [0.1, 0.15) is 39.5 Å². The van der Waals surface area contributed by atoms with Crippen LogP contribution in [0, 0.1) is 11.8 Å². The third-order valence-electron chi connectivity index (χ3n) is 3.18. The highest BCUT2D eigenvalue weighted by Crippen LogP contribution is 2.20. The minimum atomic E-state index is -0.0570. The normalized spacial score (nSPS) is 12.3. The number of carbonyl (C=O) groups excluding carboxylic acids is 2. The smallest absolute Gasteiger partial charge is 0.221 e. The summed E-state index contributed by atoms with van der Waals surface area (Å²) in [6.07, 6.45) is 2.67. The summed E-state index contributed by atoms with van der Waals surface area (Å²) in [7, 11) is 1.59. The van der Waals surface area contributed by atoms with Crippen LogP contribution < -0.4 is 16.4 Å². The quantitative estimate of drug-likeness (QED) is 0.567. The second-order valence-corrected chi connectivity index (χ2v) is 4.89. The van der Waals surface area contributed by atoms with Crippen molar-refractivity contribution in [3.8, 4) is 0 Å². The summed E-state index contributed by atoms with van der Waals surface area (Å²) in [5.74, 6) is 1.01. The first-order valence-corrected chi connectivity index (χ1v) is 6.68. The van der Waals surface area contributed by atoms with Gasteiger partial charge in [-0.2, -0.15) is 0 Å². The van der Waals surface area contributed by atoms with Gasteiger partial charge in [-0.15, -0.1) is 0 Å². The van der Waals surface area contributed by atoms with Crippen molar-refractivity contribution in [2.75, 3.05) is 20.1 Å². The fourth-order valence-corrected chi connectivity index (χ4v) is 1.87. The Labute approximate surface area is 110 Å². The average Bonchev–Trinajstić information content (AvgIpc) is 2.33. The average molecular weight is 257 g/mol. The lowest BCUT2D eigenvalue weighted by molar-refractivity contribution is -0.122. The van der Waals surface area contributed by atoms with Crippen molar-refractivity contribution in [1.29, 1.82) is 0 Å². The molecular weight excluding hydrogens is 230 g/mol. The molecule has 0 aliphatic heterocycles. The molecule has 0 fully saturated rings. The first-order valence-electron chi connectivity index (χ1n) is 6.68. The number of nitrogens with two attached hydrogens (primary N) is 1. The van der Waals surface area contributed by atoms with Crippen molar-refractivity contribution in [3.63, 3.8) is 0 Å². The Hall–Kier alpha value is -1.10. The number of hydrogen-bond acceptors (Lipinski definition) is 3. The molecular formula is C13H27N3O2. The van der Waals surface area contributed by atoms with E-state index in [2.05, 4.69) is 24.5 Å². The predicted molar refractivity (Wildman–Crippen MR) is 72.9 cm³/mol. The van der Waals surface area contributed by atoms with Crippen molar-refractivity contribution < 1.29 is 9.59 Å². The molecule has 0 heterocycles. The van der Waals surface area contributed by atoms with E-state index in [1.807, 2.05) is 0 Å². The van der Waals surface area contributed by atoms with Gasteiger partial charge in [-0.05, 0) is 31.2 Å². The highest BCUT2D eigenvalue weighted by Gasteiger charge is 2.14. The lowest BCUT2D eigenvalue weighted by Crippen LogP contribution is -2.29. The number of nitrogens with one attached hydrogen (secondary N) is 2. The zero-order chi connectivity index (χ0) is 14.0. The van der Waals surface area contributed by atoms with Crippen LogP contribution in [0.15, 0.2) is 0 Å². The van der Waals surface area contributed by atoms with Crippen LogP contribution in [0.5, 0.6) is 0 Å². The Bertz CT molecular complexity index is 255. The Kier molecular flexibility index (Phi) is 9.28. The van der Waals surface area contributed by atoms with E-state index in [9.17, 15) is 9.59 Å². The van der Waals surface area contributed by atoms with E-state index in [0.717, 1.165) is 12.8 Å². The maximum atomic E-state index is 11.6. The van der Waals surface area contributed by atoms with Gasteiger partial charge in [-0.3, -0.25) is 9.59 Å². The fraction of sp³-hybridized carbons (Fsp3) is 0.846. The standard InChI is InChI=1S/C13H27N3O2/c1-10(2)11(6-8-14)4-5-13(18)16-9-7-12(17)15-3/h10-11H,4-9,14H2,1-3H3,(H,15,17)(H,16,18). The van der Waals surface area contributed by atoms with Crippen LogP contribution in [0.3, 0.4) is 0 Å². The maximum absolute atomic E-state index is 11.6. The highest BCUT2D eigenvalue weighted by molar-refractivity contribution is 5.78. The van der Waals surface area contributed by atoms with Crippen molar-refractivity contribution in [2.24, 2.45) is 17.6 Å². The highest BCUT2D eigenvalue weighted by atomic mass is 16.2. The largest absolute Gasteiger partial charge is 0.359 e. The topological polar surface area (TPSA) is 84.2 Å². The number of hydrogen-bond donors (Lipinski definition) is 3. The maximum Gasteiger partial charge on any atom is 0.221 e. The van der Waals surface area contributed by atoms with Crippen LogP contribution in [0.25, 0.3) is 0 Å². The molecule has 1 atom stereocenters. The minimum Gasteiger partial charge on any atom is -0.359 e. The summed E-state index contributed by atoms with van der Waals surface area (Å²) in [6, 6.07) is 0. The first kappa shape index (κ1) is 16.9. The Morgan fingerprint density at radius 2 is 1.78 bits per heavy atom. The molecule has 0 saturated heterocycles. The van der Waals surface area contributed by atoms with E-state index >= 15 is 0 Å². The van der Waals surface area contributed by atoms with Gasteiger partial charge < -0.3 is 16.4 Å². The van der Waals surface area contributed by atoms with Gasteiger partial charge in [-0.1, -0.05) is 13.8 Å². The monoisotopic (exact) mass is 257 g/mol. The van der Waals surface area contributed by atoms with E-state index < -0.39 is 0 Å². The Balaban J connectivity index is 3.77. The molecule has 5 nitrogen and oxygen atoms in total. The molecule has 1 unspecified atom stereocenters. The zero-order valence-corrected chi connectivity index (χ0v) is 11.8. The molecule has 0 aliphatic rings. The molecule has 0 aromatic rings. The van der Waals surface area contributed by atoms with Gasteiger partial charge in [0.25, 0.3) is 0 Å². The zero-order valence-electron chi connectivity index (χ0n) is 11.8. The summed E-state index contributed by atoms with van der Waals surface area (Å²) in [4.78, 5) is 22.5. The molecule has 0 aliphatic carbocycles. The molecule has 106 valence electrons. The van der Waals surface area contributed by atoms with E-state index in [-0.39, 0.29) is 11.8 Å². The third-order valence-corrected chi connectivity index (χ3v) is 3.18. The Morgan fingerprint density at radius 1 is 1.11 bits per heavy atom. The van der Waals surface area contributed by atoms with Gasteiger partial charge in [0.05, 0.1) is 0 Å². The number of rotatable bonds is 9. The van der Waals surface area contributed by atoms with Gasteiger partial charge in [0.15, 0.2) is 0 Å². The summed E-state index contributed by atoms with van der Waals surface area (Å²) in [5, 5.41) is 5.27. The summed E-state index contributed by atoms with van der Waals surface area (Å²) < 4.78 is 0. The SMILES string of the molecule is CNC(=O)CCNC(=O)CCC(CCN)C(C)C. The van der Waals surface area contributed by atoms with E-state index in [1.165, 1.54) is 0 Å². The molecule has 0 saturated carbocycles. The number of carbonyl (C=O) groups is 2. The minimum absolute atomic E-state index is 0.0153. The van der Waals surface area contributed by atoms with Gasteiger partial charge in [0.2, 0.25) is 11.8 Å². The molecule has 0 bridgehead atoms. The van der Waals surface area contributed by atoms with Crippen LogP contribution in [-0.2, 0) is 9.59 Å². The number of amides is 2. The van der Waals surface area contributed by atoms with E-state index in [4.69, 9.17) is 5.73 Å². The molecule has 18 heavy (non-hydrogen) atoms. The van der Waals surface area contributed by atoms with E-state index in [0.29, 0.717) is 37.8 Å². The Morgan fingerprint density at radius 3 is 2.28 bits per heavy atom. The molecule has 5 heteroatoms. The van der Waals surface area contributed by atoms with Crippen LogP contribution in [0.2, 0.25) is 0 Å². The van der Waals surface area contributed by atoms with Crippen molar-refractivity contribution in [3.05, 3.63) is 0 Å². The van der Waals surface area contributed by atoms with Gasteiger partial charge in [0.1, 0.15) is 0 Å². The molecule has 0 radical (unpaired) electrons. The van der Waals surface area contributed by atoms with Crippen molar-refractivity contribution in [1.82, 2.24) is 10.6 Å². The van der Waals surface area contributed by atoms with Crippen molar-refractivity contribution in [2.45, 2.75) is 39.5 Å².